The van der Waals surface area contributed by atoms with Gasteiger partial charge in [-0.2, -0.15) is 0 Å². The third-order valence-corrected chi connectivity index (χ3v) is 3.94. The minimum Gasteiger partial charge on any atom is -0.381 e. The summed E-state index contributed by atoms with van der Waals surface area (Å²) in [4.78, 5) is 11.8. The number of carbonyl (C=O) groups is 1. The predicted octanol–water partition coefficient (Wildman–Crippen LogP) is 4.39. The first kappa shape index (κ1) is 15.2. The fourth-order valence-electron chi connectivity index (χ4n) is 2.72. The van der Waals surface area contributed by atoms with Crippen LogP contribution in [0.15, 0.2) is 24.3 Å². The summed E-state index contributed by atoms with van der Waals surface area (Å²) < 4.78 is 18.4. The van der Waals surface area contributed by atoms with Crippen LogP contribution in [0.1, 0.15) is 55.3 Å². The lowest BCUT2D eigenvalue weighted by molar-refractivity contribution is 0.0780. The molecular formula is C17H23FO2. The average Bonchev–Trinajstić information content (AvgIpc) is 2.48. The number of halogens is 1. The van der Waals surface area contributed by atoms with E-state index in [0.717, 1.165) is 18.9 Å². The summed E-state index contributed by atoms with van der Waals surface area (Å²) in [5.41, 5.74) is 0.582. The number of hydrogen-bond acceptors (Lipinski definition) is 2. The van der Waals surface area contributed by atoms with Gasteiger partial charge in [0.05, 0.1) is 0 Å². The highest BCUT2D eigenvalue weighted by Crippen LogP contribution is 2.23. The van der Waals surface area contributed by atoms with Gasteiger partial charge in [0.25, 0.3) is 0 Å². The summed E-state index contributed by atoms with van der Waals surface area (Å²) in [6.45, 7) is 1.48. The van der Waals surface area contributed by atoms with Crippen molar-refractivity contribution in [1.82, 2.24) is 0 Å². The molecule has 0 amide bonds. The molecule has 0 spiro atoms. The minimum atomic E-state index is -0.308. The molecule has 1 aromatic rings. The van der Waals surface area contributed by atoms with Gasteiger partial charge < -0.3 is 4.74 Å². The fraction of sp³-hybridized carbons (Fsp3) is 0.588. The Morgan fingerprint density at radius 2 is 1.85 bits per heavy atom. The van der Waals surface area contributed by atoms with Crippen molar-refractivity contribution in [2.75, 3.05) is 13.2 Å². The van der Waals surface area contributed by atoms with Gasteiger partial charge in [0.1, 0.15) is 5.82 Å². The number of ether oxygens (including phenoxy) is 1. The first-order valence-electron chi connectivity index (χ1n) is 7.62. The maximum absolute atomic E-state index is 12.7. The summed E-state index contributed by atoms with van der Waals surface area (Å²) >= 11 is 0. The number of hydrogen-bond donors (Lipinski definition) is 0. The molecule has 0 N–H and O–H groups in total. The molecule has 0 aliphatic heterocycles. The lowest BCUT2D eigenvalue weighted by Gasteiger charge is -2.21. The molecule has 1 aliphatic rings. The van der Waals surface area contributed by atoms with E-state index >= 15 is 0 Å². The van der Waals surface area contributed by atoms with E-state index in [2.05, 4.69) is 0 Å². The van der Waals surface area contributed by atoms with Crippen LogP contribution in [0.5, 0.6) is 0 Å². The highest BCUT2D eigenvalue weighted by molar-refractivity contribution is 5.95. The van der Waals surface area contributed by atoms with Crippen molar-refractivity contribution in [3.8, 4) is 0 Å². The largest absolute Gasteiger partial charge is 0.381 e. The summed E-state index contributed by atoms with van der Waals surface area (Å²) in [7, 11) is 0. The van der Waals surface area contributed by atoms with Crippen molar-refractivity contribution in [3.63, 3.8) is 0 Å². The Morgan fingerprint density at radius 3 is 2.55 bits per heavy atom. The Morgan fingerprint density at radius 1 is 1.15 bits per heavy atom. The van der Waals surface area contributed by atoms with Crippen molar-refractivity contribution in [1.29, 1.82) is 0 Å². The number of benzene rings is 1. The van der Waals surface area contributed by atoms with Gasteiger partial charge in [0.2, 0.25) is 0 Å². The summed E-state index contributed by atoms with van der Waals surface area (Å²) in [5, 5.41) is 0. The summed E-state index contributed by atoms with van der Waals surface area (Å²) in [6.07, 6.45) is 7.80. The van der Waals surface area contributed by atoms with Crippen molar-refractivity contribution in [3.05, 3.63) is 35.6 Å². The van der Waals surface area contributed by atoms with Gasteiger partial charge in [-0.1, -0.05) is 19.3 Å². The van der Waals surface area contributed by atoms with Gasteiger partial charge in [-0.3, -0.25) is 4.79 Å². The molecule has 1 aromatic carbocycles. The zero-order valence-electron chi connectivity index (χ0n) is 11.9. The van der Waals surface area contributed by atoms with E-state index in [4.69, 9.17) is 4.74 Å². The van der Waals surface area contributed by atoms with Gasteiger partial charge in [-0.15, -0.1) is 0 Å². The molecule has 0 unspecified atom stereocenters. The van der Waals surface area contributed by atoms with E-state index in [1.165, 1.54) is 44.2 Å². The molecule has 1 fully saturated rings. The lowest BCUT2D eigenvalue weighted by Crippen LogP contribution is -2.14. The highest BCUT2D eigenvalue weighted by Gasteiger charge is 2.13. The van der Waals surface area contributed by atoms with Crippen LogP contribution in [0, 0.1) is 11.7 Å². The molecule has 1 saturated carbocycles. The van der Waals surface area contributed by atoms with Crippen LogP contribution < -0.4 is 0 Å². The van der Waals surface area contributed by atoms with Gasteiger partial charge >= 0.3 is 0 Å². The topological polar surface area (TPSA) is 26.3 Å². The standard InChI is InChI=1S/C17H23FO2/c18-16-10-8-15(9-11-16)17(19)7-4-12-20-13-14-5-2-1-3-6-14/h8-11,14H,1-7,12-13H2. The van der Waals surface area contributed by atoms with E-state index in [9.17, 15) is 9.18 Å². The average molecular weight is 278 g/mol. The van der Waals surface area contributed by atoms with Crippen LogP contribution in [-0.2, 0) is 4.74 Å². The van der Waals surface area contributed by atoms with Crippen LogP contribution in [0.3, 0.4) is 0 Å². The minimum absolute atomic E-state index is 0.0614. The predicted molar refractivity (Wildman–Crippen MR) is 77.4 cm³/mol. The second-order valence-corrected chi connectivity index (χ2v) is 5.61. The van der Waals surface area contributed by atoms with Crippen molar-refractivity contribution >= 4 is 5.78 Å². The van der Waals surface area contributed by atoms with Crippen LogP contribution in [0.2, 0.25) is 0 Å². The van der Waals surface area contributed by atoms with Gasteiger partial charge in [0, 0.05) is 25.2 Å². The number of carbonyl (C=O) groups excluding carboxylic acids is 1. The molecule has 110 valence electrons. The molecule has 0 heterocycles. The molecule has 0 atom stereocenters. The SMILES string of the molecule is O=C(CCCOCC1CCCCC1)c1ccc(F)cc1. The highest BCUT2D eigenvalue weighted by atomic mass is 19.1. The second-order valence-electron chi connectivity index (χ2n) is 5.61. The van der Waals surface area contributed by atoms with Crippen molar-refractivity contribution < 1.29 is 13.9 Å². The number of ketones is 1. The monoisotopic (exact) mass is 278 g/mol. The van der Waals surface area contributed by atoms with Crippen LogP contribution in [0.25, 0.3) is 0 Å². The molecule has 2 rings (SSSR count). The maximum Gasteiger partial charge on any atom is 0.162 e. The quantitative estimate of drug-likeness (QED) is 0.546. The van der Waals surface area contributed by atoms with Crippen molar-refractivity contribution in [2.24, 2.45) is 5.92 Å². The van der Waals surface area contributed by atoms with Gasteiger partial charge in [-0.05, 0) is 49.4 Å². The first-order valence-corrected chi connectivity index (χ1v) is 7.62. The molecule has 0 radical (unpaired) electrons. The molecule has 0 aromatic heterocycles. The van der Waals surface area contributed by atoms with Crippen molar-refractivity contribution in [2.45, 2.75) is 44.9 Å². The molecule has 1 aliphatic carbocycles. The Labute approximate surface area is 120 Å². The van der Waals surface area contributed by atoms with Gasteiger partial charge in [-0.25, -0.2) is 4.39 Å². The Balaban J connectivity index is 1.58. The summed E-state index contributed by atoms with van der Waals surface area (Å²) in [6, 6.07) is 5.74. The normalized spacial score (nSPS) is 16.2. The Bertz CT molecular complexity index is 408. The van der Waals surface area contributed by atoms with Gasteiger partial charge in [0.15, 0.2) is 5.78 Å². The molecular weight excluding hydrogens is 255 g/mol. The number of rotatable bonds is 7. The molecule has 0 bridgehead atoms. The Hall–Kier alpha value is -1.22. The smallest absolute Gasteiger partial charge is 0.162 e. The van der Waals surface area contributed by atoms with E-state index in [-0.39, 0.29) is 11.6 Å². The first-order chi connectivity index (χ1) is 9.75. The molecule has 3 heteroatoms. The van der Waals surface area contributed by atoms with E-state index in [1.54, 1.807) is 12.1 Å². The number of Topliss-reactive ketones (excluding diaryl/α,β-unsaturated/α-hetero) is 1. The van der Waals surface area contributed by atoms with Crippen LogP contribution in [0.4, 0.5) is 4.39 Å². The molecule has 20 heavy (non-hydrogen) atoms. The third kappa shape index (κ3) is 5.04. The fourth-order valence-corrected chi connectivity index (χ4v) is 2.72. The zero-order chi connectivity index (χ0) is 14.2. The molecule has 2 nitrogen and oxygen atoms in total. The Kier molecular flexibility index (Phi) is 6.19. The van der Waals surface area contributed by atoms with Crippen LogP contribution in [-0.4, -0.2) is 19.0 Å². The molecule has 0 saturated heterocycles. The van der Waals surface area contributed by atoms with E-state index < -0.39 is 0 Å². The second kappa shape index (κ2) is 8.15. The lowest BCUT2D eigenvalue weighted by atomic mass is 9.90. The van der Waals surface area contributed by atoms with Crippen LogP contribution >= 0.6 is 0 Å². The van der Waals surface area contributed by atoms with E-state index in [0.29, 0.717) is 18.6 Å². The zero-order valence-corrected chi connectivity index (χ0v) is 11.9. The van der Waals surface area contributed by atoms with E-state index in [1.807, 2.05) is 0 Å². The maximum atomic E-state index is 12.7. The third-order valence-electron chi connectivity index (χ3n) is 3.94. The summed E-state index contributed by atoms with van der Waals surface area (Å²) in [5.74, 6) is 0.472.